The van der Waals surface area contributed by atoms with Gasteiger partial charge in [0.2, 0.25) is 0 Å². The summed E-state index contributed by atoms with van der Waals surface area (Å²) in [6, 6.07) is 19.7. The summed E-state index contributed by atoms with van der Waals surface area (Å²) in [6.07, 6.45) is 3.41. The average Bonchev–Trinajstić information content (AvgIpc) is 2.62. The average molecular weight is 338 g/mol. The number of hydrogen-bond acceptors (Lipinski definition) is 3. The molecule has 2 aromatic rings. The molecule has 3 rings (SSSR count). The Hall–Kier alpha value is -2.00. The van der Waals surface area contributed by atoms with Crippen LogP contribution in [-0.4, -0.2) is 31.8 Å². The Morgan fingerprint density at radius 1 is 1.04 bits per heavy atom. The van der Waals surface area contributed by atoms with Crippen LogP contribution in [0, 0.1) is 0 Å². The van der Waals surface area contributed by atoms with Crippen LogP contribution in [-0.2, 0) is 6.42 Å². The van der Waals surface area contributed by atoms with Gasteiger partial charge in [0.15, 0.2) is 0 Å². The highest BCUT2D eigenvalue weighted by Gasteiger charge is 2.26. The predicted octanol–water partition coefficient (Wildman–Crippen LogP) is 4.27. The molecule has 1 heterocycles. The molecule has 0 radical (unpaired) electrons. The summed E-state index contributed by atoms with van der Waals surface area (Å²) in [5.41, 5.74) is 2.78. The summed E-state index contributed by atoms with van der Waals surface area (Å²) < 4.78 is 5.35. The third-order valence-corrected chi connectivity index (χ3v) is 5.00. The van der Waals surface area contributed by atoms with Gasteiger partial charge in [-0.05, 0) is 50.8 Å². The summed E-state index contributed by atoms with van der Waals surface area (Å²) >= 11 is 0. The van der Waals surface area contributed by atoms with E-state index in [-0.39, 0.29) is 5.54 Å². The molecule has 25 heavy (non-hydrogen) atoms. The number of hydrogen-bond donors (Lipinski definition) is 1. The summed E-state index contributed by atoms with van der Waals surface area (Å²) in [4.78, 5) is 2.46. The number of benzene rings is 2. The molecule has 0 bridgehead atoms. The Morgan fingerprint density at radius 2 is 1.76 bits per heavy atom. The van der Waals surface area contributed by atoms with Crippen LogP contribution in [0.15, 0.2) is 54.6 Å². The second kappa shape index (κ2) is 7.92. The molecule has 0 aliphatic carbocycles. The smallest absolute Gasteiger partial charge is 0.120 e. The fourth-order valence-electron chi connectivity index (χ4n) is 3.80. The van der Waals surface area contributed by atoms with E-state index in [4.69, 9.17) is 4.74 Å². The zero-order valence-electron chi connectivity index (χ0n) is 15.7. The molecule has 0 spiro atoms. The first-order valence-corrected chi connectivity index (χ1v) is 9.26. The van der Waals surface area contributed by atoms with Gasteiger partial charge in [-0.3, -0.25) is 0 Å². The molecule has 0 aromatic heterocycles. The minimum Gasteiger partial charge on any atom is -0.497 e. The maximum absolute atomic E-state index is 5.35. The van der Waals surface area contributed by atoms with Crippen LogP contribution in [0.3, 0.4) is 0 Å². The lowest BCUT2D eigenvalue weighted by Gasteiger charge is -2.38. The van der Waals surface area contributed by atoms with Gasteiger partial charge in [-0.15, -0.1) is 0 Å². The van der Waals surface area contributed by atoms with Gasteiger partial charge in [-0.1, -0.05) is 36.4 Å². The Balaban J connectivity index is 1.53. The van der Waals surface area contributed by atoms with Crippen LogP contribution < -0.4 is 15.0 Å². The third-order valence-electron chi connectivity index (χ3n) is 5.00. The van der Waals surface area contributed by atoms with Crippen molar-refractivity contribution in [2.24, 2.45) is 0 Å². The molecule has 0 unspecified atom stereocenters. The van der Waals surface area contributed by atoms with E-state index in [0.717, 1.165) is 25.3 Å². The molecule has 3 heteroatoms. The van der Waals surface area contributed by atoms with E-state index in [1.807, 2.05) is 6.07 Å². The maximum atomic E-state index is 5.35. The predicted molar refractivity (Wildman–Crippen MR) is 106 cm³/mol. The van der Waals surface area contributed by atoms with Gasteiger partial charge in [0.1, 0.15) is 5.75 Å². The summed E-state index contributed by atoms with van der Waals surface area (Å²) in [5.74, 6) is 0.932. The molecule has 1 aliphatic rings. The van der Waals surface area contributed by atoms with Crippen molar-refractivity contribution in [2.45, 2.75) is 44.7 Å². The van der Waals surface area contributed by atoms with Crippen molar-refractivity contribution in [3.05, 3.63) is 60.2 Å². The molecular formula is C22H30N2O. The third kappa shape index (κ3) is 4.99. The highest BCUT2D eigenvalue weighted by Crippen LogP contribution is 2.25. The van der Waals surface area contributed by atoms with Gasteiger partial charge in [0.25, 0.3) is 0 Å². The van der Waals surface area contributed by atoms with E-state index < -0.39 is 0 Å². The van der Waals surface area contributed by atoms with Gasteiger partial charge in [0.05, 0.1) is 7.11 Å². The standard InChI is InChI=1S/C22H30N2O/c1-22(2,17-18-8-5-4-6-9-18)23-19-12-14-24(15-13-19)20-10-7-11-21(16-20)25-3/h4-11,16,19,23H,12-15,17H2,1-3H3. The van der Waals surface area contributed by atoms with Crippen LogP contribution in [0.5, 0.6) is 5.75 Å². The number of piperidine rings is 1. The minimum atomic E-state index is 0.115. The van der Waals surface area contributed by atoms with Crippen LogP contribution in [0.4, 0.5) is 5.69 Å². The monoisotopic (exact) mass is 338 g/mol. The topological polar surface area (TPSA) is 24.5 Å². The van der Waals surface area contributed by atoms with E-state index in [1.54, 1.807) is 7.11 Å². The van der Waals surface area contributed by atoms with Crippen molar-refractivity contribution in [3.63, 3.8) is 0 Å². The molecule has 2 aromatic carbocycles. The van der Waals surface area contributed by atoms with Gasteiger partial charge in [-0.2, -0.15) is 0 Å². The van der Waals surface area contributed by atoms with Crippen LogP contribution in [0.2, 0.25) is 0 Å². The van der Waals surface area contributed by atoms with Crippen LogP contribution in [0.25, 0.3) is 0 Å². The number of rotatable bonds is 6. The Bertz CT molecular complexity index is 661. The van der Waals surface area contributed by atoms with Gasteiger partial charge >= 0.3 is 0 Å². The first-order valence-electron chi connectivity index (χ1n) is 9.26. The fourth-order valence-corrected chi connectivity index (χ4v) is 3.80. The van der Waals surface area contributed by atoms with Crippen molar-refractivity contribution < 1.29 is 4.74 Å². The second-order valence-corrected chi connectivity index (χ2v) is 7.65. The highest BCUT2D eigenvalue weighted by molar-refractivity contribution is 5.51. The fraction of sp³-hybridized carbons (Fsp3) is 0.455. The number of nitrogens with one attached hydrogen (secondary N) is 1. The molecule has 1 aliphatic heterocycles. The highest BCUT2D eigenvalue weighted by atomic mass is 16.5. The molecule has 1 N–H and O–H groups in total. The molecule has 0 saturated carbocycles. The summed E-state index contributed by atoms with van der Waals surface area (Å²) in [7, 11) is 1.73. The minimum absolute atomic E-state index is 0.115. The maximum Gasteiger partial charge on any atom is 0.120 e. The van der Waals surface area contributed by atoms with E-state index in [1.165, 1.54) is 24.1 Å². The van der Waals surface area contributed by atoms with Gasteiger partial charge in [0, 0.05) is 36.4 Å². The first kappa shape index (κ1) is 17.8. The molecule has 0 atom stereocenters. The lowest BCUT2D eigenvalue weighted by Crippen LogP contribution is -2.51. The molecular weight excluding hydrogens is 308 g/mol. The zero-order chi connectivity index (χ0) is 17.7. The number of anilines is 1. The van der Waals surface area contributed by atoms with Crippen molar-refractivity contribution in [1.29, 1.82) is 0 Å². The molecule has 1 fully saturated rings. The number of nitrogens with zero attached hydrogens (tertiary/aromatic N) is 1. The molecule has 1 saturated heterocycles. The number of methoxy groups -OCH3 is 1. The van der Waals surface area contributed by atoms with E-state index >= 15 is 0 Å². The van der Waals surface area contributed by atoms with Crippen molar-refractivity contribution >= 4 is 5.69 Å². The molecule has 3 nitrogen and oxygen atoms in total. The van der Waals surface area contributed by atoms with Crippen LogP contribution >= 0.6 is 0 Å². The first-order chi connectivity index (χ1) is 12.1. The van der Waals surface area contributed by atoms with E-state index in [9.17, 15) is 0 Å². The van der Waals surface area contributed by atoms with Crippen molar-refractivity contribution in [1.82, 2.24) is 5.32 Å². The van der Waals surface area contributed by atoms with E-state index in [2.05, 4.69) is 72.6 Å². The largest absolute Gasteiger partial charge is 0.497 e. The SMILES string of the molecule is COc1cccc(N2CCC(NC(C)(C)Cc3ccccc3)CC2)c1. The summed E-state index contributed by atoms with van der Waals surface area (Å²) in [5, 5.41) is 3.89. The van der Waals surface area contributed by atoms with E-state index in [0.29, 0.717) is 6.04 Å². The second-order valence-electron chi connectivity index (χ2n) is 7.65. The Morgan fingerprint density at radius 3 is 2.44 bits per heavy atom. The van der Waals surface area contributed by atoms with Crippen molar-refractivity contribution in [2.75, 3.05) is 25.1 Å². The number of ether oxygens (including phenoxy) is 1. The normalized spacial score (nSPS) is 16.0. The van der Waals surface area contributed by atoms with Gasteiger partial charge < -0.3 is 15.0 Å². The summed E-state index contributed by atoms with van der Waals surface area (Å²) in [6.45, 7) is 6.81. The Labute approximate surface area is 152 Å². The van der Waals surface area contributed by atoms with Crippen LogP contribution in [0.1, 0.15) is 32.3 Å². The van der Waals surface area contributed by atoms with Gasteiger partial charge in [-0.25, -0.2) is 0 Å². The lowest BCUT2D eigenvalue weighted by atomic mass is 9.92. The molecule has 134 valence electrons. The Kier molecular flexibility index (Phi) is 5.64. The molecule has 0 amide bonds. The lowest BCUT2D eigenvalue weighted by molar-refractivity contribution is 0.296. The zero-order valence-corrected chi connectivity index (χ0v) is 15.7. The van der Waals surface area contributed by atoms with Crippen molar-refractivity contribution in [3.8, 4) is 5.75 Å². The quantitative estimate of drug-likeness (QED) is 0.851.